The highest BCUT2D eigenvalue weighted by Crippen LogP contribution is 2.19. The summed E-state index contributed by atoms with van der Waals surface area (Å²) in [5.74, 6) is -0.0298. The molecule has 1 atom stereocenters. The lowest BCUT2D eigenvalue weighted by atomic mass is 10.1. The standard InChI is InChI=1S/C21H28N4O2S/c1-6-19(26)25-17-9-7-16(8-10-17)13(2)22-20(27)12-11-18-14(3)23-21(28-5)24-15(18)4/h7-10,13H,6,11-12H2,1-5H3,(H,22,27)(H,25,26). The van der Waals surface area contributed by atoms with E-state index in [1.54, 1.807) is 0 Å². The Labute approximate surface area is 170 Å². The molecular formula is C21H28N4O2S. The molecule has 7 heteroatoms. The maximum Gasteiger partial charge on any atom is 0.224 e. The number of rotatable bonds is 8. The van der Waals surface area contributed by atoms with Gasteiger partial charge in [-0.05, 0) is 56.7 Å². The van der Waals surface area contributed by atoms with E-state index in [0.29, 0.717) is 19.3 Å². The topological polar surface area (TPSA) is 84.0 Å². The summed E-state index contributed by atoms with van der Waals surface area (Å²) in [6.07, 6.45) is 3.40. The van der Waals surface area contributed by atoms with Crippen LogP contribution in [0.15, 0.2) is 29.4 Å². The molecule has 0 aliphatic rings. The molecule has 2 N–H and O–H groups in total. The molecule has 28 heavy (non-hydrogen) atoms. The second kappa shape index (κ2) is 10.2. The summed E-state index contributed by atoms with van der Waals surface area (Å²) in [5.41, 5.74) is 4.65. The van der Waals surface area contributed by atoms with Crippen LogP contribution in [0, 0.1) is 13.8 Å². The molecule has 6 nitrogen and oxygen atoms in total. The van der Waals surface area contributed by atoms with Gasteiger partial charge in [-0.25, -0.2) is 9.97 Å². The van der Waals surface area contributed by atoms with E-state index in [4.69, 9.17) is 0 Å². The molecule has 0 radical (unpaired) electrons. The van der Waals surface area contributed by atoms with Crippen LogP contribution >= 0.6 is 11.8 Å². The number of aromatic nitrogens is 2. The monoisotopic (exact) mass is 400 g/mol. The molecule has 0 spiro atoms. The minimum Gasteiger partial charge on any atom is -0.350 e. The number of carbonyl (C=O) groups is 2. The Hall–Kier alpha value is -2.41. The predicted octanol–water partition coefficient (Wildman–Crippen LogP) is 3.97. The van der Waals surface area contributed by atoms with Crippen molar-refractivity contribution in [2.45, 2.75) is 58.2 Å². The Bertz CT molecular complexity index is 814. The van der Waals surface area contributed by atoms with E-state index >= 15 is 0 Å². The Balaban J connectivity index is 1.91. The van der Waals surface area contributed by atoms with Gasteiger partial charge in [-0.3, -0.25) is 9.59 Å². The van der Waals surface area contributed by atoms with Crippen LogP contribution in [0.25, 0.3) is 0 Å². The van der Waals surface area contributed by atoms with Crippen molar-refractivity contribution in [1.82, 2.24) is 15.3 Å². The van der Waals surface area contributed by atoms with Crippen LogP contribution in [0.4, 0.5) is 5.69 Å². The largest absolute Gasteiger partial charge is 0.350 e. The summed E-state index contributed by atoms with van der Waals surface area (Å²) in [6.45, 7) is 7.68. The van der Waals surface area contributed by atoms with Gasteiger partial charge in [0.15, 0.2) is 5.16 Å². The van der Waals surface area contributed by atoms with E-state index in [1.165, 1.54) is 11.8 Å². The first-order valence-electron chi connectivity index (χ1n) is 9.41. The average Bonchev–Trinajstić information content (AvgIpc) is 2.67. The van der Waals surface area contributed by atoms with Gasteiger partial charge in [-0.1, -0.05) is 30.8 Å². The second-order valence-corrected chi connectivity index (χ2v) is 7.45. The summed E-state index contributed by atoms with van der Waals surface area (Å²) in [4.78, 5) is 32.8. The van der Waals surface area contributed by atoms with E-state index in [0.717, 1.165) is 33.4 Å². The van der Waals surface area contributed by atoms with E-state index in [9.17, 15) is 9.59 Å². The lowest BCUT2D eigenvalue weighted by molar-refractivity contribution is -0.121. The molecule has 2 amide bonds. The Kier molecular flexibility index (Phi) is 7.99. The Morgan fingerprint density at radius 3 is 2.21 bits per heavy atom. The van der Waals surface area contributed by atoms with E-state index in [-0.39, 0.29) is 17.9 Å². The van der Waals surface area contributed by atoms with Crippen molar-refractivity contribution in [1.29, 1.82) is 0 Å². The highest BCUT2D eigenvalue weighted by molar-refractivity contribution is 7.98. The molecule has 0 saturated heterocycles. The fraction of sp³-hybridized carbons (Fsp3) is 0.429. The summed E-state index contributed by atoms with van der Waals surface area (Å²) in [7, 11) is 0. The Morgan fingerprint density at radius 1 is 1.07 bits per heavy atom. The van der Waals surface area contributed by atoms with E-state index in [1.807, 2.05) is 58.2 Å². The molecule has 0 saturated carbocycles. The van der Waals surface area contributed by atoms with Crippen molar-refractivity contribution in [3.63, 3.8) is 0 Å². The third kappa shape index (κ3) is 6.05. The summed E-state index contributed by atoms with van der Waals surface area (Å²) < 4.78 is 0. The molecule has 1 heterocycles. The minimum absolute atomic E-state index is 0.0106. The van der Waals surface area contributed by atoms with Crippen molar-refractivity contribution in [2.75, 3.05) is 11.6 Å². The van der Waals surface area contributed by atoms with Crippen LogP contribution in [-0.4, -0.2) is 28.0 Å². The fourth-order valence-corrected chi connectivity index (χ4v) is 3.36. The van der Waals surface area contributed by atoms with Gasteiger partial charge in [0.1, 0.15) is 0 Å². The Morgan fingerprint density at radius 2 is 1.68 bits per heavy atom. The van der Waals surface area contributed by atoms with Gasteiger partial charge < -0.3 is 10.6 Å². The number of amides is 2. The van der Waals surface area contributed by atoms with Crippen LogP contribution in [0.5, 0.6) is 0 Å². The van der Waals surface area contributed by atoms with E-state index in [2.05, 4.69) is 20.6 Å². The van der Waals surface area contributed by atoms with Crippen LogP contribution in [0.2, 0.25) is 0 Å². The third-order valence-corrected chi connectivity index (χ3v) is 5.13. The van der Waals surface area contributed by atoms with Crippen molar-refractivity contribution in [3.8, 4) is 0 Å². The van der Waals surface area contributed by atoms with Crippen LogP contribution in [-0.2, 0) is 16.0 Å². The number of thioether (sulfide) groups is 1. The SMILES string of the molecule is CCC(=O)Nc1ccc(C(C)NC(=O)CCc2c(C)nc(SC)nc2C)cc1. The molecule has 150 valence electrons. The maximum atomic E-state index is 12.4. The predicted molar refractivity (Wildman–Crippen MR) is 114 cm³/mol. The average molecular weight is 401 g/mol. The molecule has 1 aromatic carbocycles. The molecule has 0 fully saturated rings. The number of nitrogens with zero attached hydrogens (tertiary/aromatic N) is 2. The molecule has 0 aliphatic carbocycles. The zero-order valence-corrected chi connectivity index (χ0v) is 17.9. The van der Waals surface area contributed by atoms with Crippen molar-refractivity contribution < 1.29 is 9.59 Å². The van der Waals surface area contributed by atoms with Gasteiger partial charge in [0.2, 0.25) is 11.8 Å². The van der Waals surface area contributed by atoms with E-state index < -0.39 is 0 Å². The number of carbonyl (C=O) groups excluding carboxylic acids is 2. The zero-order chi connectivity index (χ0) is 20.7. The number of benzene rings is 1. The van der Waals surface area contributed by atoms with Crippen molar-refractivity contribution in [3.05, 3.63) is 46.8 Å². The van der Waals surface area contributed by atoms with Crippen LogP contribution in [0.3, 0.4) is 0 Å². The zero-order valence-electron chi connectivity index (χ0n) is 17.1. The van der Waals surface area contributed by atoms with Gasteiger partial charge in [-0.2, -0.15) is 0 Å². The molecule has 2 aromatic rings. The fourth-order valence-electron chi connectivity index (χ4n) is 2.90. The van der Waals surface area contributed by atoms with Gasteiger partial charge in [-0.15, -0.1) is 0 Å². The second-order valence-electron chi connectivity index (χ2n) is 6.67. The number of anilines is 1. The summed E-state index contributed by atoms with van der Waals surface area (Å²) >= 11 is 1.52. The lowest BCUT2D eigenvalue weighted by Gasteiger charge is -2.16. The van der Waals surface area contributed by atoms with Gasteiger partial charge in [0.25, 0.3) is 0 Å². The highest BCUT2D eigenvalue weighted by atomic mass is 32.2. The smallest absolute Gasteiger partial charge is 0.224 e. The normalized spacial score (nSPS) is 11.8. The van der Waals surface area contributed by atoms with Gasteiger partial charge in [0, 0.05) is 29.9 Å². The first-order chi connectivity index (χ1) is 13.3. The number of hydrogen-bond donors (Lipinski definition) is 2. The molecular weight excluding hydrogens is 372 g/mol. The molecule has 1 unspecified atom stereocenters. The van der Waals surface area contributed by atoms with Gasteiger partial charge >= 0.3 is 0 Å². The van der Waals surface area contributed by atoms with Gasteiger partial charge in [0.05, 0.1) is 6.04 Å². The summed E-state index contributed by atoms with van der Waals surface area (Å²) in [6, 6.07) is 7.42. The third-order valence-electron chi connectivity index (χ3n) is 4.58. The maximum absolute atomic E-state index is 12.4. The van der Waals surface area contributed by atoms with Crippen molar-refractivity contribution >= 4 is 29.3 Å². The first kappa shape index (κ1) is 21.9. The molecule has 0 bridgehead atoms. The molecule has 0 aliphatic heterocycles. The quantitative estimate of drug-likeness (QED) is 0.517. The number of hydrogen-bond acceptors (Lipinski definition) is 5. The lowest BCUT2D eigenvalue weighted by Crippen LogP contribution is -2.27. The number of aryl methyl sites for hydroxylation is 2. The minimum atomic E-state index is -0.110. The van der Waals surface area contributed by atoms with Crippen molar-refractivity contribution in [2.24, 2.45) is 0 Å². The first-order valence-corrected chi connectivity index (χ1v) is 10.6. The highest BCUT2D eigenvalue weighted by Gasteiger charge is 2.13. The molecule has 2 rings (SSSR count). The van der Waals surface area contributed by atoms with Crippen LogP contribution in [0.1, 0.15) is 55.2 Å². The molecule has 1 aromatic heterocycles. The summed E-state index contributed by atoms with van der Waals surface area (Å²) in [5, 5.41) is 6.60. The van der Waals surface area contributed by atoms with Crippen LogP contribution < -0.4 is 10.6 Å². The number of nitrogens with one attached hydrogen (secondary N) is 2.